The average molecular weight is 519 g/mol. The van der Waals surface area contributed by atoms with Crippen LogP contribution in [-0.4, -0.2) is 47.0 Å². The van der Waals surface area contributed by atoms with Crippen molar-refractivity contribution in [2.45, 2.75) is 58.3 Å². The molecule has 0 saturated heterocycles. The van der Waals surface area contributed by atoms with E-state index in [1.807, 2.05) is 30.3 Å². The van der Waals surface area contributed by atoms with Gasteiger partial charge in [0.2, 0.25) is 11.0 Å². The first-order valence-electron chi connectivity index (χ1n) is 11.9. The second kappa shape index (κ2) is 12.4. The molecule has 2 atom stereocenters. The first-order valence-corrected chi connectivity index (χ1v) is 12.8. The molecule has 1 aliphatic carbocycles. The molecule has 4 aromatic heterocycles. The zero-order valence-corrected chi connectivity index (χ0v) is 20.4. The van der Waals surface area contributed by atoms with E-state index in [-0.39, 0.29) is 32.0 Å². The lowest BCUT2D eigenvalue weighted by Gasteiger charge is -2.09. The maximum absolute atomic E-state index is 12.3. The van der Waals surface area contributed by atoms with E-state index in [0.29, 0.717) is 29.1 Å². The van der Waals surface area contributed by atoms with Gasteiger partial charge in [-0.05, 0) is 55.9 Å². The van der Waals surface area contributed by atoms with Crippen molar-refractivity contribution in [3.63, 3.8) is 0 Å². The molecule has 1 saturated carbocycles. The summed E-state index contributed by atoms with van der Waals surface area (Å²) in [5, 5.41) is 21.4. The number of aromatic nitrogens is 7. The largest absolute Gasteiger partial charge is 0.348 e. The summed E-state index contributed by atoms with van der Waals surface area (Å²) in [4.78, 5) is 35.5. The molecule has 0 bridgehead atoms. The zero-order chi connectivity index (χ0) is 24.7. The summed E-state index contributed by atoms with van der Waals surface area (Å²) < 4.78 is 0. The lowest BCUT2D eigenvalue weighted by Crippen LogP contribution is -2.14. The van der Waals surface area contributed by atoms with Crippen LogP contribution in [0.1, 0.15) is 60.4 Å². The number of carbonyl (C=O) groups excluding carboxylic acids is 2. The Kier molecular flexibility index (Phi) is 8.78. The standard InChI is InChI=1S/C25H26N8O2S.CH4/c34-22(11-18-3-1-2-8-27-18)12-20-7-6-19(30-31-20)10-16-4-5-17(9-16)24-32-33-25(36-24)29-23(35)13-21-14-26-15-28-21;/h1-3,6-8,14-17H,4-5,9-13H2,(H,26,28)(H,29,33,35);1H4/t16-,17+;/m1./s1. The van der Waals surface area contributed by atoms with Crippen LogP contribution < -0.4 is 5.32 Å². The zero-order valence-electron chi connectivity index (χ0n) is 19.6. The fourth-order valence-electron chi connectivity index (χ4n) is 4.51. The Bertz CT molecular complexity index is 1290. The number of nitrogens with zero attached hydrogens (tertiary/aromatic N) is 6. The summed E-state index contributed by atoms with van der Waals surface area (Å²) >= 11 is 1.44. The van der Waals surface area contributed by atoms with E-state index < -0.39 is 0 Å². The third-order valence-corrected chi connectivity index (χ3v) is 7.24. The number of amides is 1. The summed E-state index contributed by atoms with van der Waals surface area (Å²) in [5.41, 5.74) is 3.13. The van der Waals surface area contributed by atoms with Gasteiger partial charge in [-0.3, -0.25) is 14.6 Å². The molecule has 0 unspecified atom stereocenters. The molecule has 0 spiro atoms. The van der Waals surface area contributed by atoms with Crippen LogP contribution in [0.25, 0.3) is 0 Å². The van der Waals surface area contributed by atoms with E-state index in [2.05, 4.69) is 40.7 Å². The molecule has 4 aromatic rings. The van der Waals surface area contributed by atoms with E-state index in [4.69, 9.17) is 0 Å². The fourth-order valence-corrected chi connectivity index (χ4v) is 5.42. The Morgan fingerprint density at radius 2 is 1.81 bits per heavy atom. The highest BCUT2D eigenvalue weighted by atomic mass is 32.1. The van der Waals surface area contributed by atoms with Crippen LogP contribution in [0.2, 0.25) is 0 Å². The molecule has 0 aromatic carbocycles. The van der Waals surface area contributed by atoms with Crippen LogP contribution in [0.3, 0.4) is 0 Å². The maximum atomic E-state index is 12.3. The first kappa shape index (κ1) is 26.2. The molecule has 0 aliphatic heterocycles. The van der Waals surface area contributed by atoms with Crippen LogP contribution >= 0.6 is 11.3 Å². The Hall–Kier alpha value is -3.86. The highest BCUT2D eigenvalue weighted by Gasteiger charge is 2.29. The van der Waals surface area contributed by atoms with Gasteiger partial charge in [-0.15, -0.1) is 10.2 Å². The monoisotopic (exact) mass is 518 g/mol. The summed E-state index contributed by atoms with van der Waals surface area (Å²) in [7, 11) is 0. The Labute approximate surface area is 219 Å². The normalized spacial score (nSPS) is 16.8. The molecule has 1 amide bonds. The number of hydrogen-bond donors (Lipinski definition) is 2. The molecule has 192 valence electrons. The van der Waals surface area contributed by atoms with Gasteiger partial charge in [0.25, 0.3) is 0 Å². The quantitative estimate of drug-likeness (QED) is 0.324. The molecule has 5 rings (SSSR count). The van der Waals surface area contributed by atoms with E-state index >= 15 is 0 Å². The van der Waals surface area contributed by atoms with Crippen molar-refractivity contribution < 1.29 is 9.59 Å². The molecule has 4 heterocycles. The van der Waals surface area contributed by atoms with Gasteiger partial charge in [-0.25, -0.2) is 4.98 Å². The van der Waals surface area contributed by atoms with Gasteiger partial charge in [-0.2, -0.15) is 10.2 Å². The molecule has 10 nitrogen and oxygen atoms in total. The number of aromatic amines is 1. The summed E-state index contributed by atoms with van der Waals surface area (Å²) in [6, 6.07) is 9.43. The number of carbonyl (C=O) groups is 2. The van der Waals surface area contributed by atoms with Gasteiger partial charge in [0.05, 0.1) is 30.6 Å². The number of H-pyrrole nitrogens is 1. The van der Waals surface area contributed by atoms with Crippen molar-refractivity contribution in [3.8, 4) is 0 Å². The summed E-state index contributed by atoms with van der Waals surface area (Å²) in [6.07, 6.45) is 9.62. The highest BCUT2D eigenvalue weighted by molar-refractivity contribution is 7.15. The summed E-state index contributed by atoms with van der Waals surface area (Å²) in [5.74, 6) is 0.750. The predicted molar refractivity (Wildman–Crippen MR) is 140 cm³/mol. The Morgan fingerprint density at radius 1 is 0.973 bits per heavy atom. The van der Waals surface area contributed by atoms with Crippen LogP contribution in [0.15, 0.2) is 49.1 Å². The number of nitrogens with one attached hydrogen (secondary N) is 2. The van der Waals surface area contributed by atoms with Crippen molar-refractivity contribution in [1.29, 1.82) is 0 Å². The predicted octanol–water partition coefficient (Wildman–Crippen LogP) is 3.74. The topological polar surface area (TPSA) is 139 Å². The fraction of sp³-hybridized carbons (Fsp3) is 0.385. The molecule has 2 N–H and O–H groups in total. The second-order valence-electron chi connectivity index (χ2n) is 9.06. The number of imidazole rings is 1. The third kappa shape index (κ3) is 7.32. The average Bonchev–Trinajstić information content (AvgIpc) is 3.64. The van der Waals surface area contributed by atoms with Crippen LogP contribution in [0, 0.1) is 5.92 Å². The SMILES string of the molecule is C.O=C(Cc1ccccn1)Cc1ccc(C[C@@H]2CC[C@H](c3nnc(NC(=O)Cc4cnc[nH]4)s3)C2)nn1. The molecule has 1 fully saturated rings. The van der Waals surface area contributed by atoms with E-state index in [9.17, 15) is 9.59 Å². The lowest BCUT2D eigenvalue weighted by molar-refractivity contribution is -0.118. The van der Waals surface area contributed by atoms with Crippen molar-refractivity contribution in [1.82, 2.24) is 35.3 Å². The molecular formula is C26H30N8O2S. The van der Waals surface area contributed by atoms with Crippen LogP contribution in [0.5, 0.6) is 0 Å². The smallest absolute Gasteiger partial charge is 0.232 e. The number of anilines is 1. The molecule has 37 heavy (non-hydrogen) atoms. The minimum atomic E-state index is -0.147. The van der Waals surface area contributed by atoms with Gasteiger partial charge < -0.3 is 10.3 Å². The van der Waals surface area contributed by atoms with E-state index in [1.54, 1.807) is 18.7 Å². The third-order valence-electron chi connectivity index (χ3n) is 6.24. The second-order valence-corrected chi connectivity index (χ2v) is 10.1. The lowest BCUT2D eigenvalue weighted by atomic mass is 9.99. The minimum Gasteiger partial charge on any atom is -0.348 e. The summed E-state index contributed by atoms with van der Waals surface area (Å²) in [6.45, 7) is 0. The highest BCUT2D eigenvalue weighted by Crippen LogP contribution is 2.41. The maximum Gasteiger partial charge on any atom is 0.232 e. The minimum absolute atomic E-state index is 0. The van der Waals surface area contributed by atoms with Crippen molar-refractivity contribution in [2.75, 3.05) is 5.32 Å². The number of Topliss-reactive ketones (excluding diaryl/α,β-unsaturated/α-hetero) is 1. The molecular weight excluding hydrogens is 488 g/mol. The van der Waals surface area contributed by atoms with Crippen molar-refractivity contribution in [2.24, 2.45) is 5.92 Å². The van der Waals surface area contributed by atoms with Crippen LogP contribution in [0.4, 0.5) is 5.13 Å². The number of hydrogen-bond acceptors (Lipinski definition) is 9. The molecule has 1 aliphatic rings. The van der Waals surface area contributed by atoms with Crippen LogP contribution in [-0.2, 0) is 35.3 Å². The Morgan fingerprint density at radius 3 is 2.57 bits per heavy atom. The molecule has 0 radical (unpaired) electrons. The number of pyridine rings is 1. The van der Waals surface area contributed by atoms with Crippen molar-refractivity contribution in [3.05, 3.63) is 76.8 Å². The van der Waals surface area contributed by atoms with Gasteiger partial charge in [0.1, 0.15) is 10.8 Å². The Balaban J connectivity index is 0.00000320. The van der Waals surface area contributed by atoms with Crippen molar-refractivity contribution >= 4 is 28.2 Å². The van der Waals surface area contributed by atoms with Gasteiger partial charge in [0.15, 0.2) is 0 Å². The first-order chi connectivity index (χ1) is 17.6. The van der Waals surface area contributed by atoms with Gasteiger partial charge >= 0.3 is 0 Å². The van der Waals surface area contributed by atoms with Gasteiger partial charge in [0, 0.05) is 36.1 Å². The van der Waals surface area contributed by atoms with Gasteiger partial charge in [-0.1, -0.05) is 24.8 Å². The molecule has 11 heteroatoms. The van der Waals surface area contributed by atoms with E-state index in [1.165, 1.54) is 11.3 Å². The number of rotatable bonds is 10. The van der Waals surface area contributed by atoms with E-state index in [0.717, 1.165) is 47.8 Å². The number of ketones is 1.